The number of hydrazine groups is 1. The molecule has 0 unspecified atom stereocenters. The highest BCUT2D eigenvalue weighted by Crippen LogP contribution is 1.70. The van der Waals surface area contributed by atoms with Crippen molar-refractivity contribution in [2.24, 2.45) is 0 Å². The minimum atomic E-state index is 0.252. The van der Waals surface area contributed by atoms with E-state index in [0.717, 1.165) is 26.1 Å². The quantitative estimate of drug-likeness (QED) is 0.332. The van der Waals surface area contributed by atoms with Crippen molar-refractivity contribution in [3.8, 4) is 0 Å². The van der Waals surface area contributed by atoms with Crippen molar-refractivity contribution < 1.29 is 5.11 Å². The van der Waals surface area contributed by atoms with Crippen LogP contribution in [0.4, 0.5) is 0 Å². The van der Waals surface area contributed by atoms with Crippen LogP contribution in [0.3, 0.4) is 0 Å². The van der Waals surface area contributed by atoms with Gasteiger partial charge in [-0.15, -0.1) is 0 Å². The summed E-state index contributed by atoms with van der Waals surface area (Å²) in [5.74, 6) is 0. The second kappa shape index (κ2) is 7.94. The highest BCUT2D eigenvalue weighted by Gasteiger charge is 1.88. The summed E-state index contributed by atoms with van der Waals surface area (Å²) in [6.45, 7) is 3.02. The molecule has 0 aliphatic carbocycles. The first-order valence-corrected chi connectivity index (χ1v) is 3.98. The van der Waals surface area contributed by atoms with Gasteiger partial charge in [0, 0.05) is 26.2 Å². The number of nitrogens with zero attached hydrogens (tertiary/aromatic N) is 1. The van der Waals surface area contributed by atoms with Crippen LogP contribution in [-0.2, 0) is 0 Å². The summed E-state index contributed by atoms with van der Waals surface area (Å²) in [6, 6.07) is 0. The van der Waals surface area contributed by atoms with Gasteiger partial charge in [-0.2, -0.15) is 0 Å². The van der Waals surface area contributed by atoms with Gasteiger partial charge in [-0.05, 0) is 20.5 Å². The molecule has 0 aromatic carbocycles. The summed E-state index contributed by atoms with van der Waals surface area (Å²) in [5.41, 5.74) is 6.05. The largest absolute Gasteiger partial charge is 0.396 e. The summed E-state index contributed by atoms with van der Waals surface area (Å²) >= 11 is 0. The van der Waals surface area contributed by atoms with E-state index in [1.807, 2.05) is 14.1 Å². The molecule has 0 amide bonds. The average molecular weight is 161 g/mol. The van der Waals surface area contributed by atoms with Gasteiger partial charge in [0.1, 0.15) is 0 Å². The number of aliphatic hydroxyl groups excluding tert-OH is 1. The third kappa shape index (κ3) is 9.84. The maximum absolute atomic E-state index is 8.44. The Morgan fingerprint density at radius 2 is 1.82 bits per heavy atom. The van der Waals surface area contributed by atoms with Crippen molar-refractivity contribution in [3.63, 3.8) is 0 Å². The lowest BCUT2D eigenvalue weighted by Crippen LogP contribution is -2.37. The topological polar surface area (TPSA) is 47.5 Å². The van der Waals surface area contributed by atoms with Gasteiger partial charge in [0.2, 0.25) is 0 Å². The fraction of sp³-hybridized carbons (Fsp3) is 1.00. The predicted molar refractivity (Wildman–Crippen MR) is 46.3 cm³/mol. The van der Waals surface area contributed by atoms with Gasteiger partial charge in [-0.3, -0.25) is 10.9 Å². The van der Waals surface area contributed by atoms with Crippen molar-refractivity contribution in [1.29, 1.82) is 0 Å². The molecule has 0 bridgehead atoms. The van der Waals surface area contributed by atoms with Crippen LogP contribution < -0.4 is 10.9 Å². The molecule has 11 heavy (non-hydrogen) atoms. The van der Waals surface area contributed by atoms with Crippen molar-refractivity contribution in [1.82, 2.24) is 15.8 Å². The zero-order valence-corrected chi connectivity index (χ0v) is 7.43. The Hall–Kier alpha value is -0.160. The van der Waals surface area contributed by atoms with Gasteiger partial charge in [-0.25, -0.2) is 0 Å². The van der Waals surface area contributed by atoms with Crippen LogP contribution in [0.15, 0.2) is 0 Å². The molecule has 0 aromatic rings. The Labute approximate surface area is 68.6 Å². The van der Waals surface area contributed by atoms with E-state index in [1.165, 1.54) is 0 Å². The van der Waals surface area contributed by atoms with Gasteiger partial charge in [-0.1, -0.05) is 0 Å². The highest BCUT2D eigenvalue weighted by molar-refractivity contribution is 4.46. The molecule has 0 aliphatic rings. The molecule has 0 spiro atoms. The van der Waals surface area contributed by atoms with E-state index < -0.39 is 0 Å². The molecule has 4 heteroatoms. The number of hydrogen-bond acceptors (Lipinski definition) is 4. The number of rotatable bonds is 7. The molecular formula is C7H19N3O. The smallest absolute Gasteiger partial charge is 0.0443 e. The van der Waals surface area contributed by atoms with Crippen LogP contribution in [0.5, 0.6) is 0 Å². The lowest BCUT2D eigenvalue weighted by Gasteiger charge is -2.10. The van der Waals surface area contributed by atoms with E-state index in [-0.39, 0.29) is 6.61 Å². The maximum Gasteiger partial charge on any atom is 0.0443 e. The monoisotopic (exact) mass is 161 g/mol. The summed E-state index contributed by atoms with van der Waals surface area (Å²) in [5, 5.41) is 8.44. The standard InChI is InChI=1S/C7H19N3O/c1-10(2)6-5-9-8-4-3-7-11/h8-9,11H,3-7H2,1-2H3. The molecule has 0 aromatic heterocycles. The first-order valence-electron chi connectivity index (χ1n) is 3.98. The SMILES string of the molecule is CN(C)CCNNCCCO. The van der Waals surface area contributed by atoms with Crippen molar-refractivity contribution >= 4 is 0 Å². The van der Waals surface area contributed by atoms with Gasteiger partial charge >= 0.3 is 0 Å². The minimum absolute atomic E-state index is 0.252. The number of likely N-dealkylation sites (N-methyl/N-ethyl adjacent to an activating group) is 1. The fourth-order valence-corrected chi connectivity index (χ4v) is 0.624. The first kappa shape index (κ1) is 10.8. The van der Waals surface area contributed by atoms with E-state index in [1.54, 1.807) is 0 Å². The molecule has 4 nitrogen and oxygen atoms in total. The molecule has 0 aliphatic heterocycles. The Balaban J connectivity index is 2.80. The summed E-state index contributed by atoms with van der Waals surface area (Å²) in [7, 11) is 4.07. The summed E-state index contributed by atoms with van der Waals surface area (Å²) < 4.78 is 0. The lowest BCUT2D eigenvalue weighted by molar-refractivity contribution is 0.281. The molecule has 0 heterocycles. The van der Waals surface area contributed by atoms with Crippen LogP contribution in [-0.4, -0.2) is 50.3 Å². The second-order valence-corrected chi connectivity index (χ2v) is 2.73. The van der Waals surface area contributed by atoms with E-state index in [2.05, 4.69) is 15.8 Å². The van der Waals surface area contributed by atoms with Gasteiger partial charge < -0.3 is 10.0 Å². The lowest BCUT2D eigenvalue weighted by atomic mass is 10.5. The minimum Gasteiger partial charge on any atom is -0.396 e. The Kier molecular flexibility index (Phi) is 7.83. The Morgan fingerprint density at radius 1 is 1.18 bits per heavy atom. The second-order valence-electron chi connectivity index (χ2n) is 2.73. The van der Waals surface area contributed by atoms with Crippen molar-refractivity contribution in [2.75, 3.05) is 40.3 Å². The van der Waals surface area contributed by atoms with Gasteiger partial charge in [0.25, 0.3) is 0 Å². The van der Waals surface area contributed by atoms with Crippen LogP contribution >= 0.6 is 0 Å². The van der Waals surface area contributed by atoms with E-state index in [0.29, 0.717) is 0 Å². The van der Waals surface area contributed by atoms with Gasteiger partial charge in [0.05, 0.1) is 0 Å². The molecule has 0 atom stereocenters. The molecule has 0 fully saturated rings. The van der Waals surface area contributed by atoms with Crippen molar-refractivity contribution in [3.05, 3.63) is 0 Å². The van der Waals surface area contributed by atoms with Crippen molar-refractivity contribution in [2.45, 2.75) is 6.42 Å². The van der Waals surface area contributed by atoms with E-state index >= 15 is 0 Å². The predicted octanol–water partition coefficient (Wildman–Crippen LogP) is -0.975. The third-order valence-corrected chi connectivity index (χ3v) is 1.27. The average Bonchev–Trinajstić information content (AvgIpc) is 1.96. The highest BCUT2D eigenvalue weighted by atomic mass is 16.3. The molecule has 0 saturated carbocycles. The molecule has 0 saturated heterocycles. The zero-order valence-electron chi connectivity index (χ0n) is 7.43. The Morgan fingerprint density at radius 3 is 2.36 bits per heavy atom. The van der Waals surface area contributed by atoms with Crippen LogP contribution in [0.2, 0.25) is 0 Å². The summed E-state index contributed by atoms with van der Waals surface area (Å²) in [4.78, 5) is 2.11. The molecule has 0 rings (SSSR count). The third-order valence-electron chi connectivity index (χ3n) is 1.27. The summed E-state index contributed by atoms with van der Waals surface area (Å²) in [6.07, 6.45) is 0.801. The molecule has 0 radical (unpaired) electrons. The molecular weight excluding hydrogens is 142 g/mol. The van der Waals surface area contributed by atoms with Gasteiger partial charge in [0.15, 0.2) is 0 Å². The zero-order chi connectivity index (χ0) is 8.53. The number of aliphatic hydroxyl groups is 1. The first-order chi connectivity index (χ1) is 5.27. The number of hydrogen-bond donors (Lipinski definition) is 3. The van der Waals surface area contributed by atoms with Crippen LogP contribution in [0, 0.1) is 0 Å². The number of nitrogens with one attached hydrogen (secondary N) is 2. The molecule has 3 N–H and O–H groups in total. The van der Waals surface area contributed by atoms with Crippen LogP contribution in [0.25, 0.3) is 0 Å². The van der Waals surface area contributed by atoms with Crippen LogP contribution in [0.1, 0.15) is 6.42 Å². The fourth-order valence-electron chi connectivity index (χ4n) is 0.624. The van der Waals surface area contributed by atoms with E-state index in [9.17, 15) is 0 Å². The molecule has 68 valence electrons. The maximum atomic E-state index is 8.44. The Bertz CT molecular complexity index is 78.1. The van der Waals surface area contributed by atoms with E-state index in [4.69, 9.17) is 5.11 Å². The normalized spacial score (nSPS) is 10.9.